The maximum Gasteiger partial charge on any atom is 0.328 e. The van der Waals surface area contributed by atoms with E-state index in [1.165, 1.54) is 0 Å². The van der Waals surface area contributed by atoms with Gasteiger partial charge in [0.25, 0.3) is 5.91 Å². The Kier molecular flexibility index (Phi) is 7.38. The van der Waals surface area contributed by atoms with Gasteiger partial charge in [-0.1, -0.05) is 42.5 Å². The predicted molar refractivity (Wildman–Crippen MR) is 135 cm³/mol. The Morgan fingerprint density at radius 3 is 2.27 bits per heavy atom. The van der Waals surface area contributed by atoms with Gasteiger partial charge in [-0.05, 0) is 29.8 Å². The summed E-state index contributed by atoms with van der Waals surface area (Å²) in [5, 5.41) is 12.5. The molecular formula is C27H25N3O7. The summed E-state index contributed by atoms with van der Waals surface area (Å²) in [5.41, 5.74) is 8.58. The summed E-state index contributed by atoms with van der Waals surface area (Å²) >= 11 is 0. The average Bonchev–Trinajstić information content (AvgIpc) is 3.21. The molecule has 0 saturated carbocycles. The Balaban J connectivity index is 1.72. The number of benzene rings is 3. The molecule has 37 heavy (non-hydrogen) atoms. The molecule has 0 aliphatic heterocycles. The minimum atomic E-state index is -1.36. The first-order valence-corrected chi connectivity index (χ1v) is 11.4. The van der Waals surface area contributed by atoms with Crippen molar-refractivity contribution in [3.05, 3.63) is 77.9 Å². The second-order valence-corrected chi connectivity index (χ2v) is 8.32. The van der Waals surface area contributed by atoms with E-state index in [1.807, 2.05) is 47.0 Å². The minimum Gasteiger partial charge on any atom is -0.483 e. The van der Waals surface area contributed by atoms with E-state index in [0.717, 1.165) is 23.7 Å². The number of nitrogens with two attached hydrogens (primary N) is 1. The number of nitrogens with one attached hydrogen (secondary N) is 1. The SMILES string of the molecule is COC(=O)[C@H](CC(=O)O)NC(=O)COc1cccc2c1c1c(C(N)=O)cccc1n2Cc1ccccc1. The number of ether oxygens (including phenoxy) is 2. The van der Waals surface area contributed by atoms with Crippen LogP contribution in [0.5, 0.6) is 5.75 Å². The fraction of sp³-hybridized carbons (Fsp3) is 0.185. The lowest BCUT2D eigenvalue weighted by Gasteiger charge is -2.15. The summed E-state index contributed by atoms with van der Waals surface area (Å²) < 4.78 is 12.4. The summed E-state index contributed by atoms with van der Waals surface area (Å²) in [6.45, 7) is 0.0132. The largest absolute Gasteiger partial charge is 0.483 e. The monoisotopic (exact) mass is 503 g/mol. The van der Waals surface area contributed by atoms with Crippen LogP contribution < -0.4 is 15.8 Å². The van der Waals surface area contributed by atoms with Gasteiger partial charge in [-0.15, -0.1) is 0 Å². The number of carboxylic acid groups (broad SMARTS) is 1. The number of aliphatic carboxylic acids is 1. The van der Waals surface area contributed by atoms with Crippen molar-refractivity contribution in [1.29, 1.82) is 0 Å². The Bertz CT molecular complexity index is 1490. The van der Waals surface area contributed by atoms with Gasteiger partial charge in [-0.3, -0.25) is 14.4 Å². The fourth-order valence-corrected chi connectivity index (χ4v) is 4.30. The molecule has 190 valence electrons. The van der Waals surface area contributed by atoms with Crippen molar-refractivity contribution in [2.75, 3.05) is 13.7 Å². The number of fused-ring (bicyclic) bond motifs is 3. The summed E-state index contributed by atoms with van der Waals surface area (Å²) in [6.07, 6.45) is -0.636. The summed E-state index contributed by atoms with van der Waals surface area (Å²) in [6, 6.07) is 19.0. The third-order valence-corrected chi connectivity index (χ3v) is 5.89. The van der Waals surface area contributed by atoms with E-state index in [1.54, 1.807) is 24.3 Å². The average molecular weight is 504 g/mol. The molecule has 3 aromatic carbocycles. The number of nitrogens with zero attached hydrogens (tertiary/aromatic N) is 1. The normalized spacial score (nSPS) is 11.7. The van der Waals surface area contributed by atoms with Crippen LogP contribution in [0.4, 0.5) is 0 Å². The van der Waals surface area contributed by atoms with E-state index in [2.05, 4.69) is 10.1 Å². The van der Waals surface area contributed by atoms with Crippen LogP contribution in [0, 0.1) is 0 Å². The highest BCUT2D eigenvalue weighted by Gasteiger charge is 2.25. The van der Waals surface area contributed by atoms with Crippen molar-refractivity contribution in [2.45, 2.75) is 19.0 Å². The van der Waals surface area contributed by atoms with Crippen LogP contribution in [-0.2, 0) is 25.7 Å². The highest BCUT2D eigenvalue weighted by Crippen LogP contribution is 2.38. The van der Waals surface area contributed by atoms with Gasteiger partial charge < -0.3 is 30.2 Å². The lowest BCUT2D eigenvalue weighted by atomic mass is 10.1. The number of hydrogen-bond acceptors (Lipinski definition) is 6. The Morgan fingerprint density at radius 2 is 1.62 bits per heavy atom. The molecule has 0 fully saturated rings. The lowest BCUT2D eigenvalue weighted by Crippen LogP contribution is -2.44. The first-order chi connectivity index (χ1) is 17.8. The van der Waals surface area contributed by atoms with Crippen molar-refractivity contribution >= 4 is 45.6 Å². The lowest BCUT2D eigenvalue weighted by molar-refractivity contribution is -0.149. The highest BCUT2D eigenvalue weighted by molar-refractivity contribution is 6.19. The topological polar surface area (TPSA) is 150 Å². The number of carbonyl (C=O) groups is 4. The molecule has 1 aromatic heterocycles. The highest BCUT2D eigenvalue weighted by atomic mass is 16.5. The predicted octanol–water partition coefficient (Wildman–Crippen LogP) is 2.45. The van der Waals surface area contributed by atoms with E-state index in [9.17, 15) is 19.2 Å². The van der Waals surface area contributed by atoms with Gasteiger partial charge in [-0.25, -0.2) is 4.79 Å². The Hall–Kier alpha value is -4.86. The molecule has 10 heteroatoms. The van der Waals surface area contributed by atoms with Gasteiger partial charge in [0.05, 0.1) is 30.0 Å². The number of primary amides is 1. The second kappa shape index (κ2) is 10.8. The number of aromatic nitrogens is 1. The maximum atomic E-state index is 12.5. The molecule has 0 radical (unpaired) electrons. The smallest absolute Gasteiger partial charge is 0.328 e. The molecule has 4 rings (SSSR count). The van der Waals surface area contributed by atoms with E-state index < -0.39 is 42.8 Å². The first-order valence-electron chi connectivity index (χ1n) is 11.4. The van der Waals surface area contributed by atoms with Crippen molar-refractivity contribution in [3.8, 4) is 5.75 Å². The van der Waals surface area contributed by atoms with Crippen molar-refractivity contribution in [2.24, 2.45) is 5.73 Å². The van der Waals surface area contributed by atoms with Gasteiger partial charge in [-0.2, -0.15) is 0 Å². The van der Waals surface area contributed by atoms with Gasteiger partial charge in [0, 0.05) is 17.5 Å². The van der Waals surface area contributed by atoms with E-state index in [0.29, 0.717) is 28.6 Å². The Labute approximate surface area is 211 Å². The van der Waals surface area contributed by atoms with Crippen molar-refractivity contribution in [1.82, 2.24) is 9.88 Å². The number of esters is 1. The molecule has 1 heterocycles. The molecule has 4 N–H and O–H groups in total. The van der Waals surface area contributed by atoms with E-state index in [4.69, 9.17) is 15.6 Å². The van der Waals surface area contributed by atoms with Crippen LogP contribution in [0.15, 0.2) is 66.7 Å². The standard InChI is InChI=1S/C27H25N3O7/c1-36-27(35)18(13-23(32)33)29-22(31)15-37-21-12-6-11-20-25(21)24-17(26(28)34)9-5-10-19(24)30(20)14-16-7-3-2-4-8-16/h2-12,18H,13-15H2,1H3,(H2,28,34)(H,29,31)(H,32,33)/t18-/m0/s1. The molecule has 4 aromatic rings. The number of rotatable bonds is 10. The van der Waals surface area contributed by atoms with Crippen LogP contribution in [0.25, 0.3) is 21.8 Å². The minimum absolute atomic E-state index is 0.307. The molecule has 0 saturated heterocycles. The molecule has 1 atom stereocenters. The zero-order chi connectivity index (χ0) is 26.5. The molecule has 10 nitrogen and oxygen atoms in total. The van der Waals surface area contributed by atoms with Gasteiger partial charge >= 0.3 is 11.9 Å². The quantitative estimate of drug-likeness (QED) is 0.281. The zero-order valence-electron chi connectivity index (χ0n) is 20.0. The van der Waals surface area contributed by atoms with Crippen LogP contribution in [0.2, 0.25) is 0 Å². The van der Waals surface area contributed by atoms with Crippen LogP contribution in [-0.4, -0.2) is 53.2 Å². The Morgan fingerprint density at radius 1 is 0.946 bits per heavy atom. The molecule has 0 spiro atoms. The number of methoxy groups -OCH3 is 1. The molecule has 0 aliphatic rings. The van der Waals surface area contributed by atoms with Crippen molar-refractivity contribution < 1.29 is 33.8 Å². The van der Waals surface area contributed by atoms with E-state index in [-0.39, 0.29) is 0 Å². The van der Waals surface area contributed by atoms with Gasteiger partial charge in [0.15, 0.2) is 6.61 Å². The fourth-order valence-electron chi connectivity index (χ4n) is 4.30. The summed E-state index contributed by atoms with van der Waals surface area (Å²) in [7, 11) is 1.10. The third-order valence-electron chi connectivity index (χ3n) is 5.89. The van der Waals surface area contributed by atoms with Crippen LogP contribution >= 0.6 is 0 Å². The maximum absolute atomic E-state index is 12.5. The molecule has 0 aliphatic carbocycles. The van der Waals surface area contributed by atoms with E-state index >= 15 is 0 Å². The summed E-state index contributed by atoms with van der Waals surface area (Å²) in [4.78, 5) is 47.8. The third kappa shape index (κ3) is 5.37. The van der Waals surface area contributed by atoms with Crippen molar-refractivity contribution in [3.63, 3.8) is 0 Å². The number of amides is 2. The molecule has 0 unspecified atom stereocenters. The van der Waals surface area contributed by atoms with Crippen LogP contribution in [0.3, 0.4) is 0 Å². The van der Waals surface area contributed by atoms with Gasteiger partial charge in [0.1, 0.15) is 11.8 Å². The second-order valence-electron chi connectivity index (χ2n) is 8.32. The van der Waals surface area contributed by atoms with Gasteiger partial charge in [0.2, 0.25) is 5.91 Å². The molecule has 2 amide bonds. The number of hydrogen-bond donors (Lipinski definition) is 3. The zero-order valence-corrected chi connectivity index (χ0v) is 20.0. The van der Waals surface area contributed by atoms with Crippen LogP contribution in [0.1, 0.15) is 22.3 Å². The first kappa shape index (κ1) is 25.2. The number of carbonyl (C=O) groups excluding carboxylic acids is 3. The molecular weight excluding hydrogens is 478 g/mol. The number of carboxylic acids is 1. The summed E-state index contributed by atoms with van der Waals surface area (Å²) in [5.74, 6) is -3.14. The molecule has 0 bridgehead atoms.